The van der Waals surface area contributed by atoms with Crippen molar-refractivity contribution in [3.63, 3.8) is 0 Å². The summed E-state index contributed by atoms with van der Waals surface area (Å²) >= 11 is 1.12. The van der Waals surface area contributed by atoms with Gasteiger partial charge in [0.15, 0.2) is 0 Å². The van der Waals surface area contributed by atoms with E-state index in [0.717, 1.165) is 17.0 Å². The normalized spacial score (nSPS) is 10.0. The number of thiophene rings is 1. The van der Waals surface area contributed by atoms with Gasteiger partial charge in [0.25, 0.3) is 0 Å². The van der Waals surface area contributed by atoms with Crippen LogP contribution in [0, 0.1) is 17.9 Å². The molecule has 0 atom stereocenters. The Bertz CT molecular complexity index is 764. The van der Waals surface area contributed by atoms with E-state index in [2.05, 4.69) is 15.1 Å². The highest BCUT2D eigenvalue weighted by Crippen LogP contribution is 2.36. The quantitative estimate of drug-likeness (QED) is 0.482. The molecule has 1 aromatic carbocycles. The van der Waals surface area contributed by atoms with Crippen LogP contribution in [-0.4, -0.2) is 13.5 Å². The molecule has 102 valence electrons. The molecule has 1 aromatic heterocycles. The minimum atomic E-state index is 0.340. The summed E-state index contributed by atoms with van der Waals surface area (Å²) in [6.07, 6.45) is 0.716. The molecule has 7 heteroatoms. The van der Waals surface area contributed by atoms with Gasteiger partial charge in [-0.25, -0.2) is 4.85 Å². The predicted molar refractivity (Wildman–Crippen MR) is 80.4 cm³/mol. The van der Waals surface area contributed by atoms with Gasteiger partial charge in [0.2, 0.25) is 11.4 Å². The lowest BCUT2D eigenvalue weighted by Gasteiger charge is -2.09. The highest BCUT2D eigenvalue weighted by molar-refractivity contribution is 7.20. The van der Waals surface area contributed by atoms with Gasteiger partial charge in [-0.15, -0.1) is 21.6 Å². The van der Waals surface area contributed by atoms with E-state index in [1.54, 1.807) is 31.3 Å². The number of nitriles is 1. The second kappa shape index (κ2) is 6.42. The molecule has 0 aliphatic heterocycles. The molecule has 1 amide bonds. The van der Waals surface area contributed by atoms with Gasteiger partial charge in [-0.05, 0) is 30.3 Å². The highest BCUT2D eigenvalue weighted by atomic mass is 32.1. The van der Waals surface area contributed by atoms with E-state index in [1.807, 2.05) is 6.07 Å². The van der Waals surface area contributed by atoms with Gasteiger partial charge < -0.3 is 4.90 Å². The molecular weight excluding hydrogens is 286 g/mol. The van der Waals surface area contributed by atoms with E-state index in [-0.39, 0.29) is 0 Å². The standard InChI is InChI=1S/C14H9N5OS/c1-16-13-7-10(8-15)14(21-13)18-17-11-3-5-12(6-4-11)19(2)9-20/h3-7,9H,2H3. The van der Waals surface area contributed by atoms with Crippen LogP contribution in [0.25, 0.3) is 4.85 Å². The van der Waals surface area contributed by atoms with Crippen molar-refractivity contribution in [2.24, 2.45) is 10.2 Å². The molecule has 6 nitrogen and oxygen atoms in total. The Hall–Kier alpha value is -3.03. The Labute approximate surface area is 125 Å². The van der Waals surface area contributed by atoms with Crippen molar-refractivity contribution in [3.8, 4) is 6.07 Å². The van der Waals surface area contributed by atoms with E-state index in [9.17, 15) is 4.79 Å². The minimum absolute atomic E-state index is 0.340. The number of carbonyl (C=O) groups is 1. The fourth-order valence-corrected chi connectivity index (χ4v) is 2.21. The summed E-state index contributed by atoms with van der Waals surface area (Å²) < 4.78 is 0. The average molecular weight is 295 g/mol. The lowest BCUT2D eigenvalue weighted by Crippen LogP contribution is -2.12. The van der Waals surface area contributed by atoms with Crippen LogP contribution in [0.3, 0.4) is 0 Å². The van der Waals surface area contributed by atoms with Gasteiger partial charge in [0, 0.05) is 12.7 Å². The van der Waals surface area contributed by atoms with Gasteiger partial charge in [0.05, 0.1) is 17.8 Å². The SMILES string of the molecule is [C-]#[N+]c1cc(C#N)c(N=Nc2ccc(N(C)C=O)cc2)s1. The molecule has 0 saturated heterocycles. The van der Waals surface area contributed by atoms with Gasteiger partial charge in [0.1, 0.15) is 11.1 Å². The first-order valence-electron chi connectivity index (χ1n) is 5.79. The summed E-state index contributed by atoms with van der Waals surface area (Å²) in [5.41, 5.74) is 1.68. The lowest BCUT2D eigenvalue weighted by atomic mass is 10.3. The van der Waals surface area contributed by atoms with Crippen LogP contribution in [0.1, 0.15) is 5.56 Å². The maximum atomic E-state index is 10.6. The maximum absolute atomic E-state index is 10.6. The van der Waals surface area contributed by atoms with Crippen molar-refractivity contribution < 1.29 is 4.79 Å². The molecule has 0 saturated carbocycles. The number of nitrogens with zero attached hydrogens (tertiary/aromatic N) is 5. The van der Waals surface area contributed by atoms with E-state index in [4.69, 9.17) is 11.8 Å². The van der Waals surface area contributed by atoms with E-state index >= 15 is 0 Å². The van der Waals surface area contributed by atoms with E-state index < -0.39 is 0 Å². The van der Waals surface area contributed by atoms with E-state index in [0.29, 0.717) is 27.7 Å². The summed E-state index contributed by atoms with van der Waals surface area (Å²) in [6.45, 7) is 6.93. The topological polar surface area (TPSA) is 73.2 Å². The largest absolute Gasteiger partial charge is 0.318 e. The van der Waals surface area contributed by atoms with Crippen molar-refractivity contribution in [1.29, 1.82) is 5.26 Å². The van der Waals surface area contributed by atoms with Crippen molar-refractivity contribution in [2.45, 2.75) is 0 Å². The first-order chi connectivity index (χ1) is 10.2. The van der Waals surface area contributed by atoms with Crippen LogP contribution in [-0.2, 0) is 4.79 Å². The van der Waals surface area contributed by atoms with Crippen molar-refractivity contribution in [1.82, 2.24) is 0 Å². The van der Waals surface area contributed by atoms with Crippen LogP contribution in [0.4, 0.5) is 21.4 Å². The summed E-state index contributed by atoms with van der Waals surface area (Å²) in [7, 11) is 1.65. The fourth-order valence-electron chi connectivity index (χ4n) is 1.50. The molecule has 2 aromatic rings. The molecule has 1 heterocycles. The lowest BCUT2D eigenvalue weighted by molar-refractivity contribution is -0.107. The maximum Gasteiger partial charge on any atom is 0.244 e. The molecule has 0 N–H and O–H groups in total. The molecule has 0 aliphatic rings. The number of anilines is 1. The number of hydrogen-bond acceptors (Lipinski definition) is 5. The Morgan fingerprint density at radius 2 is 2.10 bits per heavy atom. The zero-order chi connectivity index (χ0) is 15.2. The molecule has 21 heavy (non-hydrogen) atoms. The van der Waals surface area contributed by atoms with Crippen molar-refractivity contribution in [3.05, 3.63) is 47.3 Å². The summed E-state index contributed by atoms with van der Waals surface area (Å²) in [5, 5.41) is 17.8. The first kappa shape index (κ1) is 14.4. The van der Waals surface area contributed by atoms with Crippen LogP contribution in [0.2, 0.25) is 0 Å². The fraction of sp³-hybridized carbons (Fsp3) is 0.0714. The molecular formula is C14H9N5OS. The van der Waals surface area contributed by atoms with Crippen LogP contribution >= 0.6 is 11.3 Å². The number of azo groups is 1. The van der Waals surface area contributed by atoms with E-state index in [1.165, 1.54) is 11.0 Å². The molecule has 0 unspecified atom stereocenters. The van der Waals surface area contributed by atoms with Gasteiger partial charge >= 0.3 is 0 Å². The number of hydrogen-bond donors (Lipinski definition) is 0. The number of benzene rings is 1. The van der Waals surface area contributed by atoms with Crippen molar-refractivity contribution in [2.75, 3.05) is 11.9 Å². The zero-order valence-electron chi connectivity index (χ0n) is 11.0. The second-order valence-corrected chi connectivity index (χ2v) is 4.97. The molecule has 0 bridgehead atoms. The smallest absolute Gasteiger partial charge is 0.244 e. The highest BCUT2D eigenvalue weighted by Gasteiger charge is 2.07. The first-order valence-corrected chi connectivity index (χ1v) is 6.61. The van der Waals surface area contributed by atoms with Gasteiger partial charge in [-0.3, -0.25) is 4.79 Å². The predicted octanol–water partition coefficient (Wildman–Crippen LogP) is 4.18. The number of rotatable bonds is 4. The molecule has 0 spiro atoms. The molecule has 2 rings (SSSR count). The average Bonchev–Trinajstić information content (AvgIpc) is 2.95. The number of amides is 1. The zero-order valence-corrected chi connectivity index (χ0v) is 11.8. The third-order valence-electron chi connectivity index (χ3n) is 2.60. The Balaban J connectivity index is 2.22. The molecule has 0 radical (unpaired) electrons. The Kier molecular flexibility index (Phi) is 4.39. The monoisotopic (exact) mass is 295 g/mol. The Morgan fingerprint density at radius 3 is 2.67 bits per heavy atom. The molecule has 0 fully saturated rings. The summed E-state index contributed by atoms with van der Waals surface area (Å²) in [4.78, 5) is 15.3. The third kappa shape index (κ3) is 3.30. The molecule has 0 aliphatic carbocycles. The third-order valence-corrected chi connectivity index (χ3v) is 3.51. The van der Waals surface area contributed by atoms with Gasteiger partial charge in [-0.1, -0.05) is 0 Å². The van der Waals surface area contributed by atoms with Gasteiger partial charge in [-0.2, -0.15) is 5.26 Å². The van der Waals surface area contributed by atoms with Crippen LogP contribution in [0.5, 0.6) is 0 Å². The summed E-state index contributed by atoms with van der Waals surface area (Å²) in [6, 6.07) is 10.4. The van der Waals surface area contributed by atoms with Crippen molar-refractivity contribution >= 4 is 39.1 Å². The van der Waals surface area contributed by atoms with Crippen LogP contribution < -0.4 is 4.90 Å². The Morgan fingerprint density at radius 1 is 1.38 bits per heavy atom. The minimum Gasteiger partial charge on any atom is -0.318 e. The van der Waals surface area contributed by atoms with Crippen LogP contribution in [0.15, 0.2) is 40.6 Å². The second-order valence-electron chi connectivity index (χ2n) is 3.96. The number of carbonyl (C=O) groups excluding carboxylic acids is 1. The summed E-state index contributed by atoms with van der Waals surface area (Å²) in [5.74, 6) is 0.